The number of benzene rings is 1. The Balaban J connectivity index is 1.74. The summed E-state index contributed by atoms with van der Waals surface area (Å²) < 4.78 is 13.3. The number of nitrogens with zero attached hydrogens (tertiary/aromatic N) is 1. The van der Waals surface area contributed by atoms with Crippen molar-refractivity contribution in [2.24, 2.45) is 11.3 Å². The highest BCUT2D eigenvalue weighted by Crippen LogP contribution is 2.45. The molecule has 0 bridgehead atoms. The van der Waals surface area contributed by atoms with Gasteiger partial charge in [-0.1, -0.05) is 33.3 Å². The van der Waals surface area contributed by atoms with Crippen LogP contribution in [0.15, 0.2) is 24.3 Å². The molecule has 0 saturated carbocycles. The van der Waals surface area contributed by atoms with Crippen molar-refractivity contribution >= 4 is 39.6 Å². The van der Waals surface area contributed by atoms with Crippen LogP contribution in [0.1, 0.15) is 60.0 Å². The van der Waals surface area contributed by atoms with Crippen LogP contribution in [-0.4, -0.2) is 11.0 Å². The lowest BCUT2D eigenvalue weighted by molar-refractivity contribution is 0.0977. The maximum Gasteiger partial charge on any atom is 0.257 e. The number of thiocarbonyl (C=S) groups is 1. The number of fused-ring (bicyclic) bond motifs is 1. The third-order valence-corrected chi connectivity index (χ3v) is 7.31. The Hall–Kier alpha value is -2.30. The lowest BCUT2D eigenvalue weighted by atomic mass is 9.69. The van der Waals surface area contributed by atoms with Crippen LogP contribution in [0.3, 0.4) is 0 Å². The van der Waals surface area contributed by atoms with Crippen molar-refractivity contribution in [3.63, 3.8) is 0 Å². The molecule has 0 unspecified atom stereocenters. The Kier molecular flexibility index (Phi) is 6.35. The zero-order chi connectivity index (χ0) is 21.2. The van der Waals surface area contributed by atoms with Crippen LogP contribution < -0.4 is 10.6 Å². The molecule has 1 heterocycles. The van der Waals surface area contributed by atoms with Gasteiger partial charge in [0.15, 0.2) is 5.11 Å². The predicted molar refractivity (Wildman–Crippen MR) is 119 cm³/mol. The van der Waals surface area contributed by atoms with E-state index in [0.29, 0.717) is 16.5 Å². The number of amides is 1. The van der Waals surface area contributed by atoms with E-state index < -0.39 is 11.7 Å². The minimum absolute atomic E-state index is 0.0970. The molecular formula is C22H24FN3OS2. The molecule has 0 radical (unpaired) electrons. The smallest absolute Gasteiger partial charge is 0.257 e. The van der Waals surface area contributed by atoms with Crippen molar-refractivity contribution in [3.8, 4) is 6.07 Å². The summed E-state index contributed by atoms with van der Waals surface area (Å²) in [5.41, 5.74) is 2.16. The Labute approximate surface area is 180 Å². The summed E-state index contributed by atoms with van der Waals surface area (Å²) in [6.45, 7) is 6.83. The monoisotopic (exact) mass is 429 g/mol. The maximum atomic E-state index is 13.3. The van der Waals surface area contributed by atoms with Gasteiger partial charge in [-0.05, 0) is 66.6 Å². The van der Waals surface area contributed by atoms with E-state index in [4.69, 9.17) is 12.2 Å². The topological polar surface area (TPSA) is 64.9 Å². The minimum Gasteiger partial charge on any atom is -0.323 e. The Morgan fingerprint density at radius 3 is 2.86 bits per heavy atom. The van der Waals surface area contributed by atoms with Crippen LogP contribution in [0.2, 0.25) is 0 Å². The summed E-state index contributed by atoms with van der Waals surface area (Å²) in [6.07, 6.45) is 4.02. The fourth-order valence-electron chi connectivity index (χ4n) is 3.69. The lowest BCUT2D eigenvalue weighted by Gasteiger charge is -2.36. The molecule has 1 aliphatic carbocycles. The number of thiophene rings is 1. The van der Waals surface area contributed by atoms with Gasteiger partial charge in [-0.15, -0.1) is 11.3 Å². The molecule has 2 aromatic rings. The molecule has 152 valence electrons. The van der Waals surface area contributed by atoms with Gasteiger partial charge in [-0.2, -0.15) is 5.26 Å². The van der Waals surface area contributed by atoms with Gasteiger partial charge in [0, 0.05) is 10.4 Å². The Bertz CT molecular complexity index is 990. The normalized spacial score (nSPS) is 15.9. The van der Waals surface area contributed by atoms with Crippen molar-refractivity contribution < 1.29 is 9.18 Å². The van der Waals surface area contributed by atoms with Crippen LogP contribution in [0, 0.1) is 28.5 Å². The highest BCUT2D eigenvalue weighted by molar-refractivity contribution is 7.80. The number of hydrogen-bond acceptors (Lipinski definition) is 4. The fourth-order valence-corrected chi connectivity index (χ4v) is 5.23. The highest BCUT2D eigenvalue weighted by Gasteiger charge is 2.34. The Morgan fingerprint density at radius 2 is 2.21 bits per heavy atom. The second-order valence-corrected chi connectivity index (χ2v) is 9.53. The van der Waals surface area contributed by atoms with Crippen molar-refractivity contribution in [2.45, 2.75) is 46.5 Å². The third-order valence-electron chi connectivity index (χ3n) is 5.93. The largest absolute Gasteiger partial charge is 0.323 e. The van der Waals surface area contributed by atoms with Gasteiger partial charge in [-0.25, -0.2) is 4.39 Å². The number of hydrogen-bond donors (Lipinski definition) is 2. The van der Waals surface area contributed by atoms with E-state index in [0.717, 1.165) is 37.3 Å². The maximum absolute atomic E-state index is 13.3. The van der Waals surface area contributed by atoms with Crippen molar-refractivity contribution in [1.82, 2.24) is 5.32 Å². The SMILES string of the molecule is CCC(C)(C)[C@H]1CCc2c(sc(NC(=S)NC(=O)c3cccc(F)c3)c2C#N)C1. The van der Waals surface area contributed by atoms with E-state index in [-0.39, 0.29) is 16.1 Å². The van der Waals surface area contributed by atoms with Gasteiger partial charge in [0.2, 0.25) is 0 Å². The van der Waals surface area contributed by atoms with E-state index in [9.17, 15) is 14.4 Å². The first kappa shape index (κ1) is 21.4. The van der Waals surface area contributed by atoms with Crippen molar-refractivity contribution in [2.75, 3.05) is 5.32 Å². The summed E-state index contributed by atoms with van der Waals surface area (Å²) in [5.74, 6) is -0.400. The van der Waals surface area contributed by atoms with Crippen LogP contribution in [0.25, 0.3) is 0 Å². The molecule has 0 aliphatic heterocycles. The summed E-state index contributed by atoms with van der Waals surface area (Å²) in [7, 11) is 0. The number of carbonyl (C=O) groups is 1. The van der Waals surface area contributed by atoms with Crippen LogP contribution >= 0.6 is 23.6 Å². The van der Waals surface area contributed by atoms with E-state index in [1.165, 1.54) is 34.4 Å². The molecule has 0 saturated heterocycles. The van der Waals surface area contributed by atoms with Gasteiger partial charge in [0.1, 0.15) is 16.9 Å². The fraction of sp³-hybridized carbons (Fsp3) is 0.409. The van der Waals surface area contributed by atoms with Gasteiger partial charge in [-0.3, -0.25) is 10.1 Å². The van der Waals surface area contributed by atoms with E-state index in [2.05, 4.69) is 37.5 Å². The molecule has 7 heteroatoms. The summed E-state index contributed by atoms with van der Waals surface area (Å²) >= 11 is 6.79. The molecule has 3 rings (SSSR count). The molecule has 0 fully saturated rings. The number of nitriles is 1. The Morgan fingerprint density at radius 1 is 1.45 bits per heavy atom. The third kappa shape index (κ3) is 4.65. The second-order valence-electron chi connectivity index (χ2n) is 8.02. The molecule has 1 aromatic heterocycles. The van der Waals surface area contributed by atoms with E-state index in [1.807, 2.05) is 0 Å². The molecule has 29 heavy (non-hydrogen) atoms. The average Bonchev–Trinajstić information content (AvgIpc) is 3.03. The molecule has 2 N–H and O–H groups in total. The average molecular weight is 430 g/mol. The number of rotatable bonds is 4. The predicted octanol–water partition coefficient (Wildman–Crippen LogP) is 5.43. The summed E-state index contributed by atoms with van der Waals surface area (Å²) in [5, 5.41) is 16.0. The zero-order valence-corrected chi connectivity index (χ0v) is 18.4. The summed E-state index contributed by atoms with van der Waals surface area (Å²) in [4.78, 5) is 13.5. The number of carbonyl (C=O) groups excluding carboxylic acids is 1. The first-order valence-corrected chi connectivity index (χ1v) is 10.9. The molecule has 1 amide bonds. The van der Waals surface area contributed by atoms with Gasteiger partial charge in [0.25, 0.3) is 5.91 Å². The second kappa shape index (κ2) is 8.60. The van der Waals surface area contributed by atoms with Crippen LogP contribution in [0.4, 0.5) is 9.39 Å². The molecule has 1 aliphatic rings. The quantitative estimate of drug-likeness (QED) is 0.637. The highest BCUT2D eigenvalue weighted by atomic mass is 32.1. The van der Waals surface area contributed by atoms with Gasteiger partial charge >= 0.3 is 0 Å². The van der Waals surface area contributed by atoms with Crippen LogP contribution in [0.5, 0.6) is 0 Å². The van der Waals surface area contributed by atoms with Crippen molar-refractivity contribution in [3.05, 3.63) is 51.7 Å². The standard InChI is InChI=1S/C22H24FN3OS2/c1-4-22(2,3)14-8-9-16-17(12-24)20(29-18(16)11-14)26-21(28)25-19(27)13-6-5-7-15(23)10-13/h5-7,10,14H,4,8-9,11H2,1-3H3,(H2,25,26,27,28)/t14-/m0/s1. The molecule has 1 atom stereocenters. The molecular weight excluding hydrogens is 405 g/mol. The van der Waals surface area contributed by atoms with E-state index in [1.54, 1.807) is 0 Å². The van der Waals surface area contributed by atoms with Gasteiger partial charge < -0.3 is 5.32 Å². The van der Waals surface area contributed by atoms with E-state index >= 15 is 0 Å². The lowest BCUT2D eigenvalue weighted by Crippen LogP contribution is -2.34. The van der Waals surface area contributed by atoms with Gasteiger partial charge in [0.05, 0.1) is 5.56 Å². The molecule has 0 spiro atoms. The number of anilines is 1. The van der Waals surface area contributed by atoms with Crippen molar-refractivity contribution in [1.29, 1.82) is 5.26 Å². The zero-order valence-electron chi connectivity index (χ0n) is 16.8. The molecule has 4 nitrogen and oxygen atoms in total. The van der Waals surface area contributed by atoms with Crippen LogP contribution in [-0.2, 0) is 12.8 Å². The first-order chi connectivity index (χ1) is 13.7. The molecule has 1 aromatic carbocycles. The number of halogens is 1. The summed E-state index contributed by atoms with van der Waals surface area (Å²) in [6, 6.07) is 7.70. The number of nitrogens with one attached hydrogen (secondary N) is 2. The minimum atomic E-state index is -0.494. The first-order valence-electron chi connectivity index (χ1n) is 9.67.